The molecule has 1 aliphatic heterocycles. The van der Waals surface area contributed by atoms with Crippen LogP contribution in [0.25, 0.3) is 0 Å². The van der Waals surface area contributed by atoms with Crippen molar-refractivity contribution in [1.82, 2.24) is 10.4 Å². The van der Waals surface area contributed by atoms with Crippen LogP contribution >= 0.6 is 0 Å². The van der Waals surface area contributed by atoms with Crippen molar-refractivity contribution in [2.75, 3.05) is 39.5 Å². The summed E-state index contributed by atoms with van der Waals surface area (Å²) in [7, 11) is 0. The second kappa shape index (κ2) is 12.8. The van der Waals surface area contributed by atoms with Gasteiger partial charge in [0.1, 0.15) is 0 Å². The van der Waals surface area contributed by atoms with Gasteiger partial charge >= 0.3 is 0 Å². The van der Waals surface area contributed by atoms with E-state index in [4.69, 9.17) is 9.57 Å². The van der Waals surface area contributed by atoms with Gasteiger partial charge in [0.15, 0.2) is 0 Å². The number of allylic oxidation sites excluding steroid dienone is 2. The molecule has 0 radical (unpaired) electrons. The van der Waals surface area contributed by atoms with Crippen molar-refractivity contribution in [3.8, 4) is 0 Å². The number of rotatable bonds is 6. The van der Waals surface area contributed by atoms with Crippen molar-refractivity contribution in [2.24, 2.45) is 0 Å². The second-order valence-corrected chi connectivity index (χ2v) is 6.85. The Labute approximate surface area is 142 Å². The highest BCUT2D eigenvalue weighted by molar-refractivity contribution is 4.97. The highest BCUT2D eigenvalue weighted by Crippen LogP contribution is 2.15. The summed E-state index contributed by atoms with van der Waals surface area (Å²) in [6.07, 6.45) is 16.8. The zero-order chi connectivity index (χ0) is 16.0. The Balaban J connectivity index is 1.57. The summed E-state index contributed by atoms with van der Waals surface area (Å²) in [6, 6.07) is 0. The molecule has 4 heteroatoms. The maximum absolute atomic E-state index is 5.71. The van der Waals surface area contributed by atoms with Gasteiger partial charge in [-0.2, -0.15) is 0 Å². The van der Waals surface area contributed by atoms with E-state index in [0.717, 1.165) is 52.3 Å². The standard InChI is InChI=1S/C19H36N2O2/c1-2-4-6-8-11-19(12-9-7-5-3-1)20-23-16-10-13-21-14-17-22-18-15-21/h11,20H,1-10,12-18H2. The average Bonchev–Trinajstić information content (AvgIpc) is 2.57. The summed E-state index contributed by atoms with van der Waals surface area (Å²) in [5, 5.41) is 0. The lowest BCUT2D eigenvalue weighted by atomic mass is 10.0. The molecule has 4 nitrogen and oxygen atoms in total. The highest BCUT2D eigenvalue weighted by atomic mass is 16.6. The Bertz CT molecular complexity index is 314. The van der Waals surface area contributed by atoms with E-state index in [-0.39, 0.29) is 0 Å². The molecule has 0 amide bonds. The molecule has 1 aliphatic carbocycles. The molecule has 2 aliphatic rings. The Morgan fingerprint density at radius 3 is 2.43 bits per heavy atom. The van der Waals surface area contributed by atoms with E-state index in [1.54, 1.807) is 0 Å². The minimum atomic E-state index is 0.786. The molecule has 0 spiro atoms. The largest absolute Gasteiger partial charge is 0.379 e. The number of hydrogen-bond acceptors (Lipinski definition) is 4. The summed E-state index contributed by atoms with van der Waals surface area (Å²) in [5.74, 6) is 0. The van der Waals surface area contributed by atoms with Crippen LogP contribution in [0.1, 0.15) is 70.6 Å². The molecule has 1 N–H and O–H groups in total. The van der Waals surface area contributed by atoms with Gasteiger partial charge in [0.05, 0.1) is 19.8 Å². The van der Waals surface area contributed by atoms with Gasteiger partial charge in [-0.05, 0) is 32.1 Å². The molecule has 23 heavy (non-hydrogen) atoms. The molecule has 0 aromatic heterocycles. The minimum Gasteiger partial charge on any atom is -0.379 e. The Morgan fingerprint density at radius 1 is 0.957 bits per heavy atom. The van der Waals surface area contributed by atoms with E-state index in [9.17, 15) is 0 Å². The first kappa shape index (κ1) is 18.8. The third kappa shape index (κ3) is 9.33. The Hall–Kier alpha value is -0.580. The Kier molecular flexibility index (Phi) is 10.4. The van der Waals surface area contributed by atoms with Gasteiger partial charge in [0, 0.05) is 25.3 Å². The van der Waals surface area contributed by atoms with Gasteiger partial charge in [0.25, 0.3) is 0 Å². The van der Waals surface area contributed by atoms with Gasteiger partial charge in [-0.15, -0.1) is 0 Å². The summed E-state index contributed by atoms with van der Waals surface area (Å²) in [6.45, 7) is 5.80. The highest BCUT2D eigenvalue weighted by Gasteiger charge is 2.09. The number of nitrogens with zero attached hydrogens (tertiary/aromatic N) is 1. The number of morpholine rings is 1. The normalized spacial score (nSPS) is 22.7. The van der Waals surface area contributed by atoms with Crippen LogP contribution in [0.2, 0.25) is 0 Å². The van der Waals surface area contributed by atoms with Gasteiger partial charge in [-0.25, -0.2) is 0 Å². The van der Waals surface area contributed by atoms with Crippen molar-refractivity contribution in [3.63, 3.8) is 0 Å². The van der Waals surface area contributed by atoms with Gasteiger partial charge in [-0.3, -0.25) is 15.2 Å². The molecule has 1 heterocycles. The molecular formula is C19H36N2O2. The minimum absolute atomic E-state index is 0.786. The first-order chi connectivity index (χ1) is 11.4. The fourth-order valence-electron chi connectivity index (χ4n) is 3.32. The van der Waals surface area contributed by atoms with E-state index < -0.39 is 0 Å². The van der Waals surface area contributed by atoms with Crippen LogP contribution in [0.3, 0.4) is 0 Å². The third-order valence-electron chi connectivity index (χ3n) is 4.82. The van der Waals surface area contributed by atoms with Crippen LogP contribution in [0.5, 0.6) is 0 Å². The first-order valence-corrected chi connectivity index (χ1v) is 9.82. The van der Waals surface area contributed by atoms with Gasteiger partial charge < -0.3 is 4.74 Å². The monoisotopic (exact) mass is 324 g/mol. The molecule has 1 saturated heterocycles. The molecule has 0 unspecified atom stereocenters. The van der Waals surface area contributed by atoms with Crippen molar-refractivity contribution < 1.29 is 9.57 Å². The molecule has 134 valence electrons. The number of nitrogens with one attached hydrogen (secondary N) is 1. The fourth-order valence-corrected chi connectivity index (χ4v) is 3.32. The predicted molar refractivity (Wildman–Crippen MR) is 95.2 cm³/mol. The summed E-state index contributed by atoms with van der Waals surface area (Å²) in [4.78, 5) is 8.17. The molecule has 0 atom stereocenters. The molecule has 1 fully saturated rings. The summed E-state index contributed by atoms with van der Waals surface area (Å²) >= 11 is 0. The van der Waals surface area contributed by atoms with Crippen molar-refractivity contribution in [1.29, 1.82) is 0 Å². The van der Waals surface area contributed by atoms with E-state index in [0.29, 0.717) is 0 Å². The van der Waals surface area contributed by atoms with E-state index in [1.165, 1.54) is 63.5 Å². The van der Waals surface area contributed by atoms with Crippen molar-refractivity contribution in [3.05, 3.63) is 11.8 Å². The summed E-state index contributed by atoms with van der Waals surface area (Å²) in [5.41, 5.74) is 4.53. The molecule has 2 rings (SSSR count). The summed E-state index contributed by atoms with van der Waals surface area (Å²) < 4.78 is 5.37. The van der Waals surface area contributed by atoms with Gasteiger partial charge in [0.2, 0.25) is 0 Å². The fraction of sp³-hybridized carbons (Fsp3) is 0.895. The Morgan fingerprint density at radius 2 is 1.65 bits per heavy atom. The average molecular weight is 325 g/mol. The number of hydroxylamine groups is 1. The van der Waals surface area contributed by atoms with Crippen LogP contribution in [0.15, 0.2) is 11.8 Å². The predicted octanol–water partition coefficient (Wildman–Crippen LogP) is 4.03. The van der Waals surface area contributed by atoms with E-state index in [1.807, 2.05) is 0 Å². The van der Waals surface area contributed by atoms with Crippen LogP contribution in [0, 0.1) is 0 Å². The topological polar surface area (TPSA) is 33.7 Å². The maximum atomic E-state index is 5.71. The molecule has 0 saturated carbocycles. The second-order valence-electron chi connectivity index (χ2n) is 6.85. The lowest BCUT2D eigenvalue weighted by molar-refractivity contribution is 0.0221. The van der Waals surface area contributed by atoms with Crippen LogP contribution < -0.4 is 5.48 Å². The zero-order valence-electron chi connectivity index (χ0n) is 14.9. The first-order valence-electron chi connectivity index (χ1n) is 9.82. The van der Waals surface area contributed by atoms with Crippen LogP contribution in [0.4, 0.5) is 0 Å². The third-order valence-corrected chi connectivity index (χ3v) is 4.82. The zero-order valence-corrected chi connectivity index (χ0v) is 14.9. The van der Waals surface area contributed by atoms with E-state index in [2.05, 4.69) is 16.5 Å². The molecule has 0 aromatic carbocycles. The number of ether oxygens (including phenoxy) is 1. The number of hydrogen-bond donors (Lipinski definition) is 1. The SMILES string of the molecule is C1=C(NOCCCN2CCOCC2)CCCCCCCCCC1. The smallest absolute Gasteiger partial charge is 0.0758 e. The lowest BCUT2D eigenvalue weighted by Crippen LogP contribution is -2.37. The van der Waals surface area contributed by atoms with Crippen molar-refractivity contribution >= 4 is 0 Å². The maximum Gasteiger partial charge on any atom is 0.0758 e. The van der Waals surface area contributed by atoms with Crippen LogP contribution in [-0.4, -0.2) is 44.4 Å². The van der Waals surface area contributed by atoms with E-state index >= 15 is 0 Å². The molecular weight excluding hydrogens is 288 g/mol. The molecule has 0 aromatic rings. The lowest BCUT2D eigenvalue weighted by Gasteiger charge is -2.26. The van der Waals surface area contributed by atoms with Crippen LogP contribution in [-0.2, 0) is 9.57 Å². The quantitative estimate of drug-likeness (QED) is 0.591. The van der Waals surface area contributed by atoms with Crippen molar-refractivity contribution in [2.45, 2.75) is 70.6 Å². The molecule has 0 bridgehead atoms. The van der Waals surface area contributed by atoms with Gasteiger partial charge in [-0.1, -0.05) is 44.6 Å².